The van der Waals surface area contributed by atoms with Crippen LogP contribution < -0.4 is 0 Å². The van der Waals surface area contributed by atoms with Crippen molar-refractivity contribution in [1.82, 2.24) is 9.47 Å². The Morgan fingerprint density at radius 1 is 1.38 bits per heavy atom. The Morgan fingerprint density at radius 2 is 2.08 bits per heavy atom. The number of aromatic nitrogens is 1. The van der Waals surface area contributed by atoms with Gasteiger partial charge in [0.15, 0.2) is 0 Å². The molecule has 2 rings (SSSR count). The van der Waals surface area contributed by atoms with Crippen molar-refractivity contribution >= 4 is 31.9 Å². The van der Waals surface area contributed by atoms with Gasteiger partial charge in [0.1, 0.15) is 0 Å². The Kier molecular flexibility index (Phi) is 2.55. The maximum atomic E-state index is 3.58. The lowest BCUT2D eigenvalue weighted by atomic mass is 10.2. The van der Waals surface area contributed by atoms with Crippen LogP contribution in [-0.4, -0.2) is 23.1 Å². The van der Waals surface area contributed by atoms with Crippen LogP contribution in [-0.2, 0) is 6.54 Å². The zero-order valence-electron chi connectivity index (χ0n) is 7.72. The van der Waals surface area contributed by atoms with E-state index in [-0.39, 0.29) is 0 Å². The predicted molar refractivity (Wildman–Crippen MR) is 60.9 cm³/mol. The highest BCUT2D eigenvalue weighted by Gasteiger charge is 2.23. The van der Waals surface area contributed by atoms with Crippen molar-refractivity contribution in [1.29, 1.82) is 0 Å². The van der Waals surface area contributed by atoms with E-state index in [9.17, 15) is 0 Å². The van der Waals surface area contributed by atoms with E-state index in [2.05, 4.69) is 61.4 Å². The Labute approximate surface area is 95.2 Å². The first-order chi connectivity index (χ1) is 6.11. The van der Waals surface area contributed by atoms with Gasteiger partial charge in [-0.05, 0) is 51.9 Å². The third-order valence-electron chi connectivity index (χ3n) is 2.79. The summed E-state index contributed by atoms with van der Waals surface area (Å²) in [7, 11) is 2.17. The van der Waals surface area contributed by atoms with E-state index in [1.807, 2.05) is 0 Å². The summed E-state index contributed by atoms with van der Waals surface area (Å²) in [4.78, 5) is 2.37. The van der Waals surface area contributed by atoms with E-state index in [0.717, 1.165) is 17.6 Å². The molecule has 72 valence electrons. The van der Waals surface area contributed by atoms with Crippen molar-refractivity contribution < 1.29 is 0 Å². The molecule has 0 bridgehead atoms. The maximum Gasteiger partial charge on any atom is 0.0993 e. The Bertz CT molecular complexity index is 333. The number of rotatable bonds is 0. The molecule has 1 aliphatic rings. The van der Waals surface area contributed by atoms with E-state index in [1.54, 1.807) is 0 Å². The standard InChI is InChI=1S/C9H12Br2N2/c1-6-8-5-7(10)9(11)13(8)4-3-12(6)2/h5-6H,3-4H2,1-2H3. The van der Waals surface area contributed by atoms with Crippen molar-refractivity contribution in [2.75, 3.05) is 13.6 Å². The van der Waals surface area contributed by atoms with Crippen LogP contribution in [0, 0.1) is 0 Å². The normalized spacial score (nSPS) is 23.2. The monoisotopic (exact) mass is 306 g/mol. The summed E-state index contributed by atoms with van der Waals surface area (Å²) < 4.78 is 4.65. The van der Waals surface area contributed by atoms with Crippen LogP contribution in [0.25, 0.3) is 0 Å². The second-order valence-corrected chi connectivity index (χ2v) is 5.12. The van der Waals surface area contributed by atoms with Crippen molar-refractivity contribution in [2.24, 2.45) is 0 Å². The lowest BCUT2D eigenvalue weighted by Gasteiger charge is -2.31. The fraction of sp³-hybridized carbons (Fsp3) is 0.556. The highest BCUT2D eigenvalue weighted by molar-refractivity contribution is 9.13. The van der Waals surface area contributed by atoms with Gasteiger partial charge in [-0.3, -0.25) is 4.90 Å². The number of hydrogen-bond donors (Lipinski definition) is 0. The summed E-state index contributed by atoms with van der Waals surface area (Å²) in [6.07, 6.45) is 0. The molecule has 0 aromatic carbocycles. The topological polar surface area (TPSA) is 8.17 Å². The smallest absolute Gasteiger partial charge is 0.0993 e. The summed E-state index contributed by atoms with van der Waals surface area (Å²) in [6.45, 7) is 4.43. The molecule has 2 heterocycles. The quantitative estimate of drug-likeness (QED) is 0.715. The van der Waals surface area contributed by atoms with Gasteiger partial charge in [0.05, 0.1) is 9.08 Å². The van der Waals surface area contributed by atoms with Crippen LogP contribution >= 0.6 is 31.9 Å². The zero-order chi connectivity index (χ0) is 9.59. The van der Waals surface area contributed by atoms with Gasteiger partial charge in [-0.25, -0.2) is 0 Å². The van der Waals surface area contributed by atoms with Gasteiger partial charge in [-0.2, -0.15) is 0 Å². The Hall–Kier alpha value is 0.200. The number of hydrogen-bond acceptors (Lipinski definition) is 1. The fourth-order valence-corrected chi connectivity index (χ4v) is 2.71. The van der Waals surface area contributed by atoms with Gasteiger partial charge in [0, 0.05) is 24.8 Å². The molecule has 0 radical (unpaired) electrons. The van der Waals surface area contributed by atoms with Crippen molar-refractivity contribution in [3.8, 4) is 0 Å². The Balaban J connectivity index is 2.49. The first kappa shape index (κ1) is 9.74. The number of likely N-dealkylation sites (N-methyl/N-ethyl adjacent to an activating group) is 1. The van der Waals surface area contributed by atoms with Gasteiger partial charge >= 0.3 is 0 Å². The third-order valence-corrected chi connectivity index (χ3v) is 4.78. The summed E-state index contributed by atoms with van der Waals surface area (Å²) in [6, 6.07) is 2.71. The van der Waals surface area contributed by atoms with Crippen molar-refractivity contribution in [2.45, 2.75) is 19.5 Å². The van der Waals surface area contributed by atoms with Crippen LogP contribution in [0.4, 0.5) is 0 Å². The highest BCUT2D eigenvalue weighted by atomic mass is 79.9. The minimum Gasteiger partial charge on any atom is -0.336 e. The molecule has 1 atom stereocenters. The summed E-state index contributed by atoms with van der Waals surface area (Å²) >= 11 is 7.12. The molecule has 1 aliphatic heterocycles. The summed E-state index contributed by atoms with van der Waals surface area (Å²) in [5.41, 5.74) is 1.38. The van der Waals surface area contributed by atoms with Crippen LogP contribution in [0.1, 0.15) is 18.7 Å². The summed E-state index contributed by atoms with van der Waals surface area (Å²) in [5, 5.41) is 0. The molecular weight excluding hydrogens is 296 g/mol. The molecule has 0 fully saturated rings. The van der Waals surface area contributed by atoms with E-state index in [1.165, 1.54) is 10.3 Å². The van der Waals surface area contributed by atoms with Gasteiger partial charge in [-0.1, -0.05) is 0 Å². The lowest BCUT2D eigenvalue weighted by Crippen LogP contribution is -2.33. The molecule has 1 aromatic rings. The first-order valence-corrected chi connectivity index (χ1v) is 5.94. The zero-order valence-corrected chi connectivity index (χ0v) is 10.9. The van der Waals surface area contributed by atoms with Crippen LogP contribution in [0.5, 0.6) is 0 Å². The number of halogens is 2. The van der Waals surface area contributed by atoms with Crippen LogP contribution in [0.2, 0.25) is 0 Å². The molecule has 0 saturated heterocycles. The molecule has 2 nitrogen and oxygen atoms in total. The molecule has 0 aliphatic carbocycles. The minimum absolute atomic E-state index is 0.511. The molecule has 13 heavy (non-hydrogen) atoms. The SMILES string of the molecule is CC1c2cc(Br)c(Br)n2CCN1C. The van der Waals surface area contributed by atoms with Crippen LogP contribution in [0.3, 0.4) is 0 Å². The maximum absolute atomic E-state index is 3.58. The van der Waals surface area contributed by atoms with Gasteiger partial charge < -0.3 is 4.57 Å². The van der Waals surface area contributed by atoms with E-state index in [4.69, 9.17) is 0 Å². The fourth-order valence-electron chi connectivity index (χ4n) is 1.76. The third kappa shape index (κ3) is 1.49. The van der Waals surface area contributed by atoms with Gasteiger partial charge in [0.2, 0.25) is 0 Å². The van der Waals surface area contributed by atoms with E-state index < -0.39 is 0 Å². The van der Waals surface area contributed by atoms with E-state index in [0.29, 0.717) is 6.04 Å². The largest absolute Gasteiger partial charge is 0.336 e. The lowest BCUT2D eigenvalue weighted by molar-refractivity contribution is 0.210. The second-order valence-electron chi connectivity index (χ2n) is 3.52. The first-order valence-electron chi connectivity index (χ1n) is 4.36. The average Bonchev–Trinajstić information content (AvgIpc) is 2.38. The average molecular weight is 308 g/mol. The summed E-state index contributed by atoms with van der Waals surface area (Å²) in [5.74, 6) is 0. The number of fused-ring (bicyclic) bond motifs is 1. The molecule has 0 N–H and O–H groups in total. The molecule has 1 aromatic heterocycles. The molecule has 1 unspecified atom stereocenters. The van der Waals surface area contributed by atoms with Gasteiger partial charge in [0.25, 0.3) is 0 Å². The predicted octanol–water partition coefficient (Wildman–Crippen LogP) is 3.02. The molecule has 0 spiro atoms. The minimum atomic E-state index is 0.511. The van der Waals surface area contributed by atoms with Crippen LogP contribution in [0.15, 0.2) is 15.1 Å². The Morgan fingerprint density at radius 3 is 2.77 bits per heavy atom. The molecular formula is C9H12Br2N2. The second kappa shape index (κ2) is 3.41. The number of nitrogens with zero attached hydrogens (tertiary/aromatic N) is 2. The highest BCUT2D eigenvalue weighted by Crippen LogP contribution is 2.34. The molecule has 4 heteroatoms. The van der Waals surface area contributed by atoms with E-state index >= 15 is 0 Å². The molecule has 0 amide bonds. The van der Waals surface area contributed by atoms with Crippen molar-refractivity contribution in [3.63, 3.8) is 0 Å². The van der Waals surface area contributed by atoms with Gasteiger partial charge in [-0.15, -0.1) is 0 Å². The molecule has 0 saturated carbocycles. The van der Waals surface area contributed by atoms with Crippen molar-refractivity contribution in [3.05, 3.63) is 20.8 Å².